The third-order valence-corrected chi connectivity index (χ3v) is 4.26. The fraction of sp³-hybridized carbons (Fsp3) is 0.471. The first kappa shape index (κ1) is 18.6. The van der Waals surface area contributed by atoms with Crippen molar-refractivity contribution in [1.82, 2.24) is 20.6 Å². The molecule has 0 spiro atoms. The Labute approximate surface area is 145 Å². The van der Waals surface area contributed by atoms with Gasteiger partial charge in [-0.05, 0) is 31.3 Å². The van der Waals surface area contributed by atoms with E-state index in [0.29, 0.717) is 5.57 Å². The number of amides is 2. The van der Waals surface area contributed by atoms with Gasteiger partial charge in [0, 0.05) is 12.4 Å². The summed E-state index contributed by atoms with van der Waals surface area (Å²) in [7, 11) is 0. The zero-order chi connectivity index (χ0) is 18.4. The van der Waals surface area contributed by atoms with E-state index in [-0.39, 0.29) is 11.6 Å². The highest BCUT2D eigenvalue weighted by Gasteiger charge is 2.34. The number of nitrogens with one attached hydrogen (secondary N) is 2. The lowest BCUT2D eigenvalue weighted by molar-refractivity contribution is -0.141. The smallest absolute Gasteiger partial charge is 0.330 e. The average Bonchev–Trinajstić information content (AvgIpc) is 3.11. The second kappa shape index (κ2) is 8.36. The largest absolute Gasteiger partial charge is 0.479 e. The second-order valence-electron chi connectivity index (χ2n) is 6.21. The maximum Gasteiger partial charge on any atom is 0.330 e. The Kier molecular flexibility index (Phi) is 6.21. The molecule has 1 aromatic rings. The van der Waals surface area contributed by atoms with Gasteiger partial charge in [-0.2, -0.15) is 0 Å². The van der Waals surface area contributed by atoms with Crippen molar-refractivity contribution in [2.45, 2.75) is 44.7 Å². The van der Waals surface area contributed by atoms with Crippen molar-refractivity contribution in [1.29, 1.82) is 0 Å². The van der Waals surface area contributed by atoms with Crippen molar-refractivity contribution in [2.24, 2.45) is 5.92 Å². The van der Waals surface area contributed by atoms with Crippen LogP contribution in [0.4, 0.5) is 0 Å². The number of hydrogen-bond acceptors (Lipinski definition) is 5. The van der Waals surface area contributed by atoms with E-state index < -0.39 is 29.9 Å². The topological polar surface area (TPSA) is 121 Å². The molecule has 1 saturated carbocycles. The molecule has 0 unspecified atom stereocenters. The zero-order valence-electron chi connectivity index (χ0n) is 14.1. The molecule has 2 amide bonds. The standard InChI is InChI=1S/C17H22N4O4/c1-10(2)13(17(24)25)20-16(23)14(11-5-3-4-6-11)21-15(22)12-9-18-7-8-19-12/h7-9,11,13-14H,1,3-6H2,2H3,(H,20,23)(H,21,22)(H,24,25)/t13-,14-/m0/s1. The van der Waals surface area contributed by atoms with Gasteiger partial charge in [-0.25, -0.2) is 9.78 Å². The summed E-state index contributed by atoms with van der Waals surface area (Å²) in [6, 6.07) is -2.01. The van der Waals surface area contributed by atoms with Gasteiger partial charge >= 0.3 is 5.97 Å². The molecule has 1 aliphatic carbocycles. The fourth-order valence-electron chi connectivity index (χ4n) is 2.95. The summed E-state index contributed by atoms with van der Waals surface area (Å²) in [5, 5.41) is 14.4. The lowest BCUT2D eigenvalue weighted by Gasteiger charge is -2.25. The highest BCUT2D eigenvalue weighted by molar-refractivity contribution is 5.97. The predicted molar refractivity (Wildman–Crippen MR) is 89.6 cm³/mol. The third-order valence-electron chi connectivity index (χ3n) is 4.26. The number of carbonyl (C=O) groups is 3. The molecule has 3 N–H and O–H groups in total. The van der Waals surface area contributed by atoms with Crippen LogP contribution >= 0.6 is 0 Å². The molecular weight excluding hydrogens is 324 g/mol. The van der Waals surface area contributed by atoms with E-state index in [1.807, 2.05) is 0 Å². The van der Waals surface area contributed by atoms with Crippen LogP contribution in [0.15, 0.2) is 30.7 Å². The van der Waals surface area contributed by atoms with Gasteiger partial charge < -0.3 is 15.7 Å². The number of carboxylic acid groups (broad SMARTS) is 1. The maximum atomic E-state index is 12.7. The quantitative estimate of drug-likeness (QED) is 0.631. The Balaban J connectivity index is 2.15. The molecule has 0 bridgehead atoms. The summed E-state index contributed by atoms with van der Waals surface area (Å²) in [5.41, 5.74) is 0.416. The van der Waals surface area contributed by atoms with Gasteiger partial charge in [-0.3, -0.25) is 14.6 Å². The normalized spacial score (nSPS) is 16.7. The van der Waals surface area contributed by atoms with E-state index in [1.54, 1.807) is 0 Å². The third kappa shape index (κ3) is 4.85. The Morgan fingerprint density at radius 1 is 1.24 bits per heavy atom. The van der Waals surface area contributed by atoms with Crippen molar-refractivity contribution in [3.63, 3.8) is 0 Å². The summed E-state index contributed by atoms with van der Waals surface area (Å²) in [4.78, 5) is 44.0. The number of aromatic nitrogens is 2. The Morgan fingerprint density at radius 3 is 2.44 bits per heavy atom. The number of carbonyl (C=O) groups excluding carboxylic acids is 2. The van der Waals surface area contributed by atoms with Gasteiger partial charge in [0.2, 0.25) is 5.91 Å². The second-order valence-corrected chi connectivity index (χ2v) is 6.21. The molecule has 134 valence electrons. The van der Waals surface area contributed by atoms with Crippen LogP contribution in [0.25, 0.3) is 0 Å². The van der Waals surface area contributed by atoms with Crippen LogP contribution in [0.5, 0.6) is 0 Å². The van der Waals surface area contributed by atoms with Gasteiger partial charge in [0.25, 0.3) is 5.91 Å². The van der Waals surface area contributed by atoms with E-state index in [0.717, 1.165) is 25.7 Å². The van der Waals surface area contributed by atoms with Gasteiger partial charge in [-0.1, -0.05) is 19.4 Å². The fourth-order valence-corrected chi connectivity index (χ4v) is 2.95. The lowest BCUT2D eigenvalue weighted by atomic mass is 9.96. The van der Waals surface area contributed by atoms with Crippen LogP contribution < -0.4 is 10.6 Å². The SMILES string of the molecule is C=C(C)[C@H](NC(=O)[C@@H](NC(=O)c1cnccn1)C1CCCC1)C(=O)O. The molecule has 8 nitrogen and oxygen atoms in total. The maximum absolute atomic E-state index is 12.7. The molecule has 1 heterocycles. The first-order valence-electron chi connectivity index (χ1n) is 8.15. The van der Waals surface area contributed by atoms with Crippen molar-refractivity contribution >= 4 is 17.8 Å². The van der Waals surface area contributed by atoms with E-state index in [1.165, 1.54) is 25.5 Å². The van der Waals surface area contributed by atoms with Crippen molar-refractivity contribution < 1.29 is 19.5 Å². The first-order chi connectivity index (χ1) is 11.9. The zero-order valence-corrected chi connectivity index (χ0v) is 14.1. The number of hydrogen-bond donors (Lipinski definition) is 3. The van der Waals surface area contributed by atoms with E-state index >= 15 is 0 Å². The van der Waals surface area contributed by atoms with Gasteiger partial charge in [0.05, 0.1) is 6.20 Å². The molecule has 1 aliphatic rings. The molecule has 1 aromatic heterocycles. The Morgan fingerprint density at radius 2 is 1.92 bits per heavy atom. The molecule has 0 aromatic carbocycles. The average molecular weight is 346 g/mol. The van der Waals surface area contributed by atoms with Crippen molar-refractivity contribution in [3.05, 3.63) is 36.4 Å². The van der Waals surface area contributed by atoms with Crippen molar-refractivity contribution in [2.75, 3.05) is 0 Å². The van der Waals surface area contributed by atoms with E-state index in [2.05, 4.69) is 27.2 Å². The number of rotatable bonds is 7. The minimum absolute atomic E-state index is 0.0415. The van der Waals surface area contributed by atoms with Gasteiger partial charge in [0.15, 0.2) is 0 Å². The number of carboxylic acids is 1. The number of nitrogens with zero attached hydrogens (tertiary/aromatic N) is 2. The molecular formula is C17H22N4O4. The summed E-state index contributed by atoms with van der Waals surface area (Å²) >= 11 is 0. The first-order valence-corrected chi connectivity index (χ1v) is 8.15. The summed E-state index contributed by atoms with van der Waals surface area (Å²) in [6.07, 6.45) is 7.68. The van der Waals surface area contributed by atoms with Crippen LogP contribution in [0.1, 0.15) is 43.1 Å². The molecule has 0 radical (unpaired) electrons. The molecule has 2 rings (SSSR count). The van der Waals surface area contributed by atoms with Crippen LogP contribution in [0.2, 0.25) is 0 Å². The highest BCUT2D eigenvalue weighted by Crippen LogP contribution is 2.28. The van der Waals surface area contributed by atoms with Crippen LogP contribution in [-0.4, -0.2) is 44.9 Å². The number of aliphatic carboxylic acids is 1. The summed E-state index contributed by atoms with van der Waals surface area (Å²) in [5.74, 6) is -2.27. The van der Waals surface area contributed by atoms with Crippen molar-refractivity contribution in [3.8, 4) is 0 Å². The van der Waals surface area contributed by atoms with E-state index in [4.69, 9.17) is 0 Å². The molecule has 2 atom stereocenters. The minimum atomic E-state index is -1.19. The predicted octanol–water partition coefficient (Wildman–Crippen LogP) is 0.911. The highest BCUT2D eigenvalue weighted by atomic mass is 16.4. The van der Waals surface area contributed by atoms with Gasteiger partial charge in [-0.15, -0.1) is 0 Å². The van der Waals surface area contributed by atoms with E-state index in [9.17, 15) is 19.5 Å². The molecule has 0 aliphatic heterocycles. The monoisotopic (exact) mass is 346 g/mol. The Bertz CT molecular complexity index is 642. The Hall–Kier alpha value is -2.77. The minimum Gasteiger partial charge on any atom is -0.479 e. The summed E-state index contributed by atoms with van der Waals surface area (Å²) in [6.45, 7) is 5.12. The molecule has 25 heavy (non-hydrogen) atoms. The summed E-state index contributed by atoms with van der Waals surface area (Å²) < 4.78 is 0. The molecule has 8 heteroatoms. The lowest BCUT2D eigenvalue weighted by Crippen LogP contribution is -2.54. The molecule has 1 fully saturated rings. The van der Waals surface area contributed by atoms with Crippen LogP contribution in [0.3, 0.4) is 0 Å². The van der Waals surface area contributed by atoms with Gasteiger partial charge in [0.1, 0.15) is 17.8 Å². The molecule has 0 saturated heterocycles. The van der Waals surface area contributed by atoms with Crippen LogP contribution in [-0.2, 0) is 9.59 Å². The van der Waals surface area contributed by atoms with Crippen LogP contribution in [0, 0.1) is 5.92 Å².